The van der Waals surface area contributed by atoms with E-state index in [2.05, 4.69) is 22.5 Å². The summed E-state index contributed by atoms with van der Waals surface area (Å²) in [6.07, 6.45) is 0. The molecule has 2 N–H and O–H groups in total. The molecule has 3 rings (SSSR count). The Hall–Kier alpha value is -2.17. The first kappa shape index (κ1) is 13.8. The number of nitrogens with two attached hydrogens (primary N) is 1. The molecule has 21 heavy (non-hydrogen) atoms. The lowest BCUT2D eigenvalue weighted by Crippen LogP contribution is -1.96. The highest BCUT2D eigenvalue weighted by molar-refractivity contribution is 7.09. The first-order valence-electron chi connectivity index (χ1n) is 6.77. The third kappa shape index (κ3) is 3.48. The van der Waals surface area contributed by atoms with Gasteiger partial charge in [0.25, 0.3) is 0 Å². The number of benzene rings is 2. The molecule has 0 aliphatic carbocycles. The van der Waals surface area contributed by atoms with Crippen molar-refractivity contribution in [3.63, 3.8) is 0 Å². The van der Waals surface area contributed by atoms with Crippen molar-refractivity contribution in [2.75, 3.05) is 0 Å². The minimum Gasteiger partial charge on any atom is -0.486 e. The Kier molecular flexibility index (Phi) is 4.28. The molecule has 0 saturated carbocycles. The number of nitrogens with zero attached hydrogens (tertiary/aromatic N) is 1. The van der Waals surface area contributed by atoms with E-state index < -0.39 is 0 Å². The molecular formula is C17H16N2OS. The Morgan fingerprint density at radius 2 is 1.90 bits per heavy atom. The van der Waals surface area contributed by atoms with Crippen LogP contribution in [0, 0.1) is 0 Å². The van der Waals surface area contributed by atoms with Gasteiger partial charge in [-0.15, -0.1) is 11.3 Å². The summed E-state index contributed by atoms with van der Waals surface area (Å²) in [5.41, 5.74) is 8.86. The molecule has 0 unspecified atom stereocenters. The van der Waals surface area contributed by atoms with Gasteiger partial charge in [-0.1, -0.05) is 36.4 Å². The van der Waals surface area contributed by atoms with Gasteiger partial charge in [0, 0.05) is 17.5 Å². The lowest BCUT2D eigenvalue weighted by molar-refractivity contribution is 0.305. The molecule has 0 atom stereocenters. The van der Waals surface area contributed by atoms with Crippen molar-refractivity contribution in [1.29, 1.82) is 0 Å². The number of thiazole rings is 1. The van der Waals surface area contributed by atoms with E-state index in [4.69, 9.17) is 10.5 Å². The van der Waals surface area contributed by atoms with E-state index >= 15 is 0 Å². The quantitative estimate of drug-likeness (QED) is 0.778. The van der Waals surface area contributed by atoms with Gasteiger partial charge in [-0.05, 0) is 23.8 Å². The van der Waals surface area contributed by atoms with Crippen LogP contribution in [0.1, 0.15) is 10.6 Å². The van der Waals surface area contributed by atoms with Crippen molar-refractivity contribution >= 4 is 11.3 Å². The van der Waals surface area contributed by atoms with Gasteiger partial charge in [-0.3, -0.25) is 0 Å². The van der Waals surface area contributed by atoms with E-state index in [9.17, 15) is 0 Å². The van der Waals surface area contributed by atoms with Crippen LogP contribution in [0.5, 0.6) is 5.75 Å². The molecule has 3 nitrogen and oxygen atoms in total. The van der Waals surface area contributed by atoms with E-state index in [0.29, 0.717) is 13.2 Å². The third-order valence-electron chi connectivity index (χ3n) is 3.12. The van der Waals surface area contributed by atoms with Crippen LogP contribution in [0.2, 0.25) is 0 Å². The average molecular weight is 296 g/mol. The lowest BCUT2D eigenvalue weighted by atomic mass is 10.1. The topological polar surface area (TPSA) is 48.1 Å². The summed E-state index contributed by atoms with van der Waals surface area (Å²) < 4.78 is 5.71. The van der Waals surface area contributed by atoms with Crippen LogP contribution in [0.15, 0.2) is 60.0 Å². The summed E-state index contributed by atoms with van der Waals surface area (Å²) in [6, 6.07) is 17.9. The SMILES string of the molecule is NCc1cccc(-c2csc(COc3ccccc3)n2)c1. The van der Waals surface area contributed by atoms with E-state index in [-0.39, 0.29) is 0 Å². The molecular weight excluding hydrogens is 280 g/mol. The second-order valence-corrected chi connectivity index (χ2v) is 5.58. The van der Waals surface area contributed by atoms with Crippen molar-refractivity contribution in [2.45, 2.75) is 13.2 Å². The number of rotatable bonds is 5. The summed E-state index contributed by atoms with van der Waals surface area (Å²) in [5.74, 6) is 0.861. The van der Waals surface area contributed by atoms with Crippen LogP contribution in [-0.4, -0.2) is 4.98 Å². The summed E-state index contributed by atoms with van der Waals surface area (Å²) in [5, 5.41) is 3.02. The van der Waals surface area contributed by atoms with Gasteiger partial charge >= 0.3 is 0 Å². The fourth-order valence-corrected chi connectivity index (χ4v) is 2.74. The van der Waals surface area contributed by atoms with Crippen LogP contribution in [0.25, 0.3) is 11.3 Å². The smallest absolute Gasteiger partial charge is 0.140 e. The number of aromatic nitrogens is 1. The molecule has 3 aromatic rings. The van der Waals surface area contributed by atoms with E-state index in [1.165, 1.54) is 0 Å². The Morgan fingerprint density at radius 1 is 1.05 bits per heavy atom. The van der Waals surface area contributed by atoms with Gasteiger partial charge in [0.05, 0.1) is 5.69 Å². The van der Waals surface area contributed by atoms with Crippen molar-refractivity contribution in [3.8, 4) is 17.0 Å². The molecule has 0 bridgehead atoms. The normalized spacial score (nSPS) is 10.5. The molecule has 0 spiro atoms. The van der Waals surface area contributed by atoms with Crippen LogP contribution in [0.4, 0.5) is 0 Å². The monoisotopic (exact) mass is 296 g/mol. The van der Waals surface area contributed by atoms with Gasteiger partial charge in [0.1, 0.15) is 17.4 Å². The fraction of sp³-hybridized carbons (Fsp3) is 0.118. The highest BCUT2D eigenvalue weighted by Gasteiger charge is 2.06. The molecule has 2 aromatic carbocycles. The Balaban J connectivity index is 1.71. The van der Waals surface area contributed by atoms with E-state index in [1.54, 1.807) is 11.3 Å². The van der Waals surface area contributed by atoms with Crippen molar-refractivity contribution < 1.29 is 4.74 Å². The first-order valence-corrected chi connectivity index (χ1v) is 7.65. The van der Waals surface area contributed by atoms with Gasteiger partial charge in [-0.25, -0.2) is 4.98 Å². The minimum atomic E-state index is 0.491. The Labute approximate surface area is 128 Å². The third-order valence-corrected chi connectivity index (χ3v) is 3.94. The zero-order chi connectivity index (χ0) is 14.5. The van der Waals surface area contributed by atoms with Crippen molar-refractivity contribution in [3.05, 3.63) is 70.5 Å². The van der Waals surface area contributed by atoms with Gasteiger partial charge in [0.15, 0.2) is 0 Å². The number of ether oxygens (including phenoxy) is 1. The van der Waals surface area contributed by atoms with Crippen molar-refractivity contribution in [1.82, 2.24) is 4.98 Å². The average Bonchev–Trinajstić information content (AvgIpc) is 3.03. The minimum absolute atomic E-state index is 0.491. The standard InChI is InChI=1S/C17H16N2OS/c18-10-13-5-4-6-14(9-13)16-12-21-17(19-16)11-20-15-7-2-1-3-8-15/h1-9,12H,10-11,18H2. The highest BCUT2D eigenvalue weighted by atomic mass is 32.1. The molecule has 4 heteroatoms. The lowest BCUT2D eigenvalue weighted by Gasteiger charge is -2.03. The summed E-state index contributed by atoms with van der Waals surface area (Å²) in [4.78, 5) is 4.62. The van der Waals surface area contributed by atoms with Gasteiger partial charge in [-0.2, -0.15) is 0 Å². The predicted octanol–water partition coefficient (Wildman–Crippen LogP) is 3.85. The molecule has 0 amide bonds. The second kappa shape index (κ2) is 6.52. The summed E-state index contributed by atoms with van der Waals surface area (Å²) in [6.45, 7) is 1.03. The van der Waals surface area contributed by atoms with Gasteiger partial charge in [0.2, 0.25) is 0 Å². The number of hydrogen-bond acceptors (Lipinski definition) is 4. The Bertz CT molecular complexity index is 710. The summed E-state index contributed by atoms with van der Waals surface area (Å²) >= 11 is 1.61. The molecule has 0 aliphatic rings. The number of para-hydroxylation sites is 1. The Morgan fingerprint density at radius 3 is 2.71 bits per heavy atom. The van der Waals surface area contributed by atoms with Crippen LogP contribution < -0.4 is 10.5 Å². The predicted molar refractivity (Wildman–Crippen MR) is 86.2 cm³/mol. The zero-order valence-electron chi connectivity index (χ0n) is 11.5. The maximum Gasteiger partial charge on any atom is 0.140 e. The molecule has 106 valence electrons. The molecule has 0 saturated heterocycles. The zero-order valence-corrected chi connectivity index (χ0v) is 12.3. The number of hydrogen-bond donors (Lipinski definition) is 1. The summed E-state index contributed by atoms with van der Waals surface area (Å²) in [7, 11) is 0. The molecule has 0 radical (unpaired) electrons. The van der Waals surface area contributed by atoms with Crippen LogP contribution in [0.3, 0.4) is 0 Å². The van der Waals surface area contributed by atoms with E-state index in [0.717, 1.165) is 27.6 Å². The maximum atomic E-state index is 5.71. The molecule has 0 aliphatic heterocycles. The highest BCUT2D eigenvalue weighted by Crippen LogP contribution is 2.23. The van der Waals surface area contributed by atoms with Gasteiger partial charge < -0.3 is 10.5 Å². The second-order valence-electron chi connectivity index (χ2n) is 4.63. The van der Waals surface area contributed by atoms with E-state index in [1.807, 2.05) is 42.5 Å². The largest absolute Gasteiger partial charge is 0.486 e. The molecule has 0 fully saturated rings. The first-order chi connectivity index (χ1) is 10.3. The fourth-order valence-electron chi connectivity index (χ4n) is 2.03. The van der Waals surface area contributed by atoms with Crippen LogP contribution >= 0.6 is 11.3 Å². The van der Waals surface area contributed by atoms with Crippen LogP contribution in [-0.2, 0) is 13.2 Å². The van der Waals surface area contributed by atoms with Crippen molar-refractivity contribution in [2.24, 2.45) is 5.73 Å². The molecule has 1 heterocycles. The molecule has 1 aromatic heterocycles. The maximum absolute atomic E-state index is 5.71.